The van der Waals surface area contributed by atoms with Crippen LogP contribution in [0.3, 0.4) is 0 Å². The Kier molecular flexibility index (Phi) is 7.52. The third-order valence-corrected chi connectivity index (χ3v) is 3.68. The molecule has 132 valence electrons. The summed E-state index contributed by atoms with van der Waals surface area (Å²) < 4.78 is 6.90. The van der Waals surface area contributed by atoms with Crippen LogP contribution >= 0.6 is 24.0 Å². The predicted octanol–water partition coefficient (Wildman–Crippen LogP) is 2.99. The van der Waals surface area contributed by atoms with E-state index in [1.54, 1.807) is 25.8 Å². The van der Waals surface area contributed by atoms with E-state index in [2.05, 4.69) is 45.0 Å². The summed E-state index contributed by atoms with van der Waals surface area (Å²) in [5.74, 6) is 0.782. The van der Waals surface area contributed by atoms with Gasteiger partial charge in [0, 0.05) is 38.1 Å². The van der Waals surface area contributed by atoms with Gasteiger partial charge in [0.25, 0.3) is 0 Å². The van der Waals surface area contributed by atoms with Gasteiger partial charge in [0.05, 0.1) is 18.2 Å². The Morgan fingerprint density at radius 2 is 2.00 bits per heavy atom. The zero-order chi connectivity index (χ0) is 16.6. The third kappa shape index (κ3) is 5.63. The highest BCUT2D eigenvalue weighted by atomic mass is 127. The van der Waals surface area contributed by atoms with E-state index in [0.717, 1.165) is 30.2 Å². The number of benzene rings is 1. The minimum atomic E-state index is 0. The van der Waals surface area contributed by atoms with Crippen molar-refractivity contribution in [1.82, 2.24) is 20.4 Å². The maximum absolute atomic E-state index is 5.05. The Balaban J connectivity index is 0.00000225. The second kappa shape index (κ2) is 9.87. The molecule has 6 nitrogen and oxygen atoms in total. The number of rotatable bonds is 6. The highest BCUT2D eigenvalue weighted by Gasteiger charge is 2.01. The maximum atomic E-state index is 5.05. The molecule has 0 aliphatic heterocycles. The second-order valence-corrected chi connectivity index (χ2v) is 5.35. The van der Waals surface area contributed by atoms with Crippen molar-refractivity contribution in [2.75, 3.05) is 13.6 Å². The summed E-state index contributed by atoms with van der Waals surface area (Å²) in [5.41, 5.74) is 3.42. The molecule has 0 unspecified atom stereocenters. The SMILES string of the molecule is CN=C(NCCc1ccc(-n2cccn2)cc1)NCc1ccoc1.I. The van der Waals surface area contributed by atoms with E-state index in [9.17, 15) is 0 Å². The first-order chi connectivity index (χ1) is 11.8. The summed E-state index contributed by atoms with van der Waals surface area (Å²) >= 11 is 0. The molecule has 0 atom stereocenters. The zero-order valence-electron chi connectivity index (χ0n) is 14.1. The molecule has 3 rings (SSSR count). The van der Waals surface area contributed by atoms with Gasteiger partial charge in [0.15, 0.2) is 5.96 Å². The van der Waals surface area contributed by atoms with Crippen LogP contribution in [0, 0.1) is 0 Å². The lowest BCUT2D eigenvalue weighted by atomic mass is 10.1. The minimum absolute atomic E-state index is 0. The van der Waals surface area contributed by atoms with Crippen molar-refractivity contribution >= 4 is 29.9 Å². The molecule has 2 aromatic heterocycles. The molecule has 0 bridgehead atoms. The lowest BCUT2D eigenvalue weighted by molar-refractivity contribution is 0.563. The third-order valence-electron chi connectivity index (χ3n) is 3.68. The first-order valence-electron chi connectivity index (χ1n) is 7.90. The van der Waals surface area contributed by atoms with Gasteiger partial charge in [-0.1, -0.05) is 12.1 Å². The van der Waals surface area contributed by atoms with Crippen LogP contribution < -0.4 is 10.6 Å². The first kappa shape index (κ1) is 19.0. The van der Waals surface area contributed by atoms with Crippen molar-refractivity contribution < 1.29 is 4.42 Å². The van der Waals surface area contributed by atoms with Gasteiger partial charge in [-0.15, -0.1) is 24.0 Å². The van der Waals surface area contributed by atoms with Gasteiger partial charge in [-0.3, -0.25) is 4.99 Å². The fourth-order valence-corrected chi connectivity index (χ4v) is 2.36. The first-order valence-corrected chi connectivity index (χ1v) is 7.90. The topological polar surface area (TPSA) is 67.4 Å². The molecule has 2 heterocycles. The molecule has 7 heteroatoms. The van der Waals surface area contributed by atoms with Crippen LogP contribution in [-0.2, 0) is 13.0 Å². The Morgan fingerprint density at radius 3 is 2.64 bits per heavy atom. The summed E-state index contributed by atoms with van der Waals surface area (Å²) in [5, 5.41) is 10.8. The molecule has 0 spiro atoms. The van der Waals surface area contributed by atoms with Gasteiger partial charge >= 0.3 is 0 Å². The molecular formula is C18H22IN5O. The molecule has 1 aromatic carbocycles. The zero-order valence-corrected chi connectivity index (χ0v) is 16.4. The largest absolute Gasteiger partial charge is 0.472 e. The number of hydrogen-bond donors (Lipinski definition) is 2. The van der Waals surface area contributed by atoms with Gasteiger partial charge in [-0.2, -0.15) is 5.10 Å². The van der Waals surface area contributed by atoms with Crippen molar-refractivity contribution in [2.45, 2.75) is 13.0 Å². The normalized spacial score (nSPS) is 11.0. The molecule has 0 saturated heterocycles. The number of guanidine groups is 1. The molecule has 0 radical (unpaired) electrons. The van der Waals surface area contributed by atoms with Crippen LogP contribution in [0.25, 0.3) is 5.69 Å². The minimum Gasteiger partial charge on any atom is -0.472 e. The Hall–Kier alpha value is -2.29. The average molecular weight is 451 g/mol. The van der Waals surface area contributed by atoms with E-state index in [1.165, 1.54) is 5.56 Å². The lowest BCUT2D eigenvalue weighted by Crippen LogP contribution is -2.37. The van der Waals surface area contributed by atoms with Crippen LogP contribution in [0.2, 0.25) is 0 Å². The van der Waals surface area contributed by atoms with Crippen LogP contribution in [0.5, 0.6) is 0 Å². The summed E-state index contributed by atoms with van der Waals surface area (Å²) in [6, 6.07) is 12.3. The molecule has 0 saturated carbocycles. The fourth-order valence-electron chi connectivity index (χ4n) is 2.36. The van der Waals surface area contributed by atoms with Crippen LogP contribution in [0.15, 0.2) is 70.7 Å². The number of halogens is 1. The number of furan rings is 1. The Bertz CT molecular complexity index is 751. The second-order valence-electron chi connectivity index (χ2n) is 5.35. The van der Waals surface area contributed by atoms with Crippen molar-refractivity contribution in [2.24, 2.45) is 4.99 Å². The van der Waals surface area contributed by atoms with E-state index in [-0.39, 0.29) is 24.0 Å². The maximum Gasteiger partial charge on any atom is 0.191 e. The average Bonchev–Trinajstić information content (AvgIpc) is 3.32. The van der Waals surface area contributed by atoms with E-state index in [4.69, 9.17) is 4.42 Å². The van der Waals surface area contributed by atoms with E-state index in [0.29, 0.717) is 6.54 Å². The molecule has 0 aliphatic rings. The van der Waals surface area contributed by atoms with Crippen LogP contribution in [-0.4, -0.2) is 29.3 Å². The van der Waals surface area contributed by atoms with Crippen molar-refractivity contribution in [3.05, 3.63) is 72.4 Å². The number of hydrogen-bond acceptors (Lipinski definition) is 3. The summed E-state index contributed by atoms with van der Waals surface area (Å²) in [7, 11) is 1.77. The highest BCUT2D eigenvalue weighted by molar-refractivity contribution is 14.0. The van der Waals surface area contributed by atoms with Gasteiger partial charge in [-0.05, 0) is 36.2 Å². The summed E-state index contributed by atoms with van der Waals surface area (Å²) in [4.78, 5) is 4.22. The number of nitrogens with zero attached hydrogens (tertiary/aromatic N) is 3. The van der Waals surface area contributed by atoms with Crippen molar-refractivity contribution in [1.29, 1.82) is 0 Å². The van der Waals surface area contributed by atoms with Crippen LogP contribution in [0.4, 0.5) is 0 Å². The Morgan fingerprint density at radius 1 is 1.16 bits per heavy atom. The number of aliphatic imine (C=N–C) groups is 1. The van der Waals surface area contributed by atoms with Gasteiger partial charge in [-0.25, -0.2) is 4.68 Å². The molecule has 25 heavy (non-hydrogen) atoms. The van der Waals surface area contributed by atoms with Gasteiger partial charge in [0.2, 0.25) is 0 Å². The number of nitrogens with one attached hydrogen (secondary N) is 2. The Labute approximate surface area is 164 Å². The number of aromatic nitrogens is 2. The predicted molar refractivity (Wildman–Crippen MR) is 110 cm³/mol. The fraction of sp³-hybridized carbons (Fsp3) is 0.222. The van der Waals surface area contributed by atoms with Gasteiger partial charge in [0.1, 0.15) is 0 Å². The summed E-state index contributed by atoms with van der Waals surface area (Å²) in [6.07, 6.45) is 8.03. The molecule has 0 aliphatic carbocycles. The van der Waals surface area contributed by atoms with E-state index >= 15 is 0 Å². The quantitative estimate of drug-likeness (QED) is 0.344. The molecule has 0 fully saturated rings. The molecular weight excluding hydrogens is 429 g/mol. The van der Waals surface area contributed by atoms with E-state index in [1.807, 2.05) is 23.0 Å². The van der Waals surface area contributed by atoms with Crippen molar-refractivity contribution in [3.8, 4) is 5.69 Å². The van der Waals surface area contributed by atoms with Gasteiger partial charge < -0.3 is 15.1 Å². The van der Waals surface area contributed by atoms with Crippen LogP contribution in [0.1, 0.15) is 11.1 Å². The summed E-state index contributed by atoms with van der Waals surface area (Å²) in [6.45, 7) is 1.50. The monoisotopic (exact) mass is 451 g/mol. The molecule has 3 aromatic rings. The van der Waals surface area contributed by atoms with Crippen molar-refractivity contribution in [3.63, 3.8) is 0 Å². The van der Waals surface area contributed by atoms with E-state index < -0.39 is 0 Å². The molecule has 2 N–H and O–H groups in total. The molecule has 0 amide bonds. The lowest BCUT2D eigenvalue weighted by Gasteiger charge is -2.11. The standard InChI is InChI=1S/C18H21N5O.HI/c1-19-18(21-13-16-8-12-24-14-16)20-10-7-15-3-5-17(6-4-15)23-11-2-9-22-23;/h2-6,8-9,11-12,14H,7,10,13H2,1H3,(H2,19,20,21);1H. The highest BCUT2D eigenvalue weighted by Crippen LogP contribution is 2.08. The smallest absolute Gasteiger partial charge is 0.191 e.